The molecule has 3 amide bonds. The molecule has 0 aliphatic carbocycles. The lowest BCUT2D eigenvalue weighted by Crippen LogP contribution is -2.45. The van der Waals surface area contributed by atoms with Crippen LogP contribution in [0.25, 0.3) is 0 Å². The molecule has 0 spiro atoms. The molecule has 1 aromatic rings. The molecule has 2 fully saturated rings. The molecule has 0 N–H and O–H groups in total. The Morgan fingerprint density at radius 1 is 1.32 bits per heavy atom. The van der Waals surface area contributed by atoms with Crippen LogP contribution >= 0.6 is 11.8 Å². The number of rotatable bonds is 7. The van der Waals surface area contributed by atoms with Gasteiger partial charge in [0.25, 0.3) is 5.24 Å². The van der Waals surface area contributed by atoms with Crippen molar-refractivity contribution in [2.75, 3.05) is 45.5 Å². The van der Waals surface area contributed by atoms with Gasteiger partial charge in [0.2, 0.25) is 11.8 Å². The van der Waals surface area contributed by atoms with Gasteiger partial charge in [0.1, 0.15) is 12.4 Å². The maximum atomic E-state index is 13.8. The van der Waals surface area contributed by atoms with Crippen molar-refractivity contribution in [1.29, 1.82) is 0 Å². The second-order valence-corrected chi connectivity index (χ2v) is 8.39. The first-order valence-corrected chi connectivity index (χ1v) is 10.6. The zero-order valence-electron chi connectivity index (χ0n) is 16.1. The summed E-state index contributed by atoms with van der Waals surface area (Å²) in [4.78, 5) is 40.7. The van der Waals surface area contributed by atoms with Gasteiger partial charge in [0.15, 0.2) is 0 Å². The molecule has 0 bridgehead atoms. The van der Waals surface area contributed by atoms with Crippen LogP contribution in [-0.2, 0) is 16.0 Å². The van der Waals surface area contributed by atoms with Crippen molar-refractivity contribution in [3.63, 3.8) is 0 Å². The number of benzene rings is 1. The van der Waals surface area contributed by atoms with Crippen LogP contribution in [0.5, 0.6) is 0 Å². The Balaban J connectivity index is 1.46. The van der Waals surface area contributed by atoms with E-state index in [9.17, 15) is 18.8 Å². The molecular weight excluding hydrogens is 381 g/mol. The van der Waals surface area contributed by atoms with Gasteiger partial charge in [-0.3, -0.25) is 19.3 Å². The van der Waals surface area contributed by atoms with Gasteiger partial charge in [-0.25, -0.2) is 4.39 Å². The Labute approximate surface area is 169 Å². The lowest BCUT2D eigenvalue weighted by Gasteiger charge is -2.35. The Morgan fingerprint density at radius 3 is 2.82 bits per heavy atom. The summed E-state index contributed by atoms with van der Waals surface area (Å²) >= 11 is 0.941. The molecule has 2 aliphatic heterocycles. The van der Waals surface area contributed by atoms with Crippen LogP contribution in [0.1, 0.15) is 18.4 Å². The molecule has 0 radical (unpaired) electrons. The fraction of sp³-hybridized carbons (Fsp3) is 0.550. The Hall–Kier alpha value is -1.93. The minimum Gasteiger partial charge on any atom is -0.344 e. The van der Waals surface area contributed by atoms with Crippen LogP contribution in [0.2, 0.25) is 0 Å². The van der Waals surface area contributed by atoms with Crippen LogP contribution in [-0.4, -0.2) is 77.3 Å². The third kappa shape index (κ3) is 5.32. The van der Waals surface area contributed by atoms with Crippen molar-refractivity contribution in [3.8, 4) is 0 Å². The maximum absolute atomic E-state index is 13.8. The van der Waals surface area contributed by atoms with Gasteiger partial charge in [0, 0.05) is 26.7 Å². The molecule has 1 atom stereocenters. The van der Waals surface area contributed by atoms with E-state index >= 15 is 0 Å². The predicted octanol–water partition coefficient (Wildman–Crippen LogP) is 2.23. The van der Waals surface area contributed by atoms with Crippen molar-refractivity contribution >= 4 is 28.8 Å². The molecule has 152 valence electrons. The van der Waals surface area contributed by atoms with Gasteiger partial charge in [-0.2, -0.15) is 0 Å². The predicted molar refractivity (Wildman–Crippen MR) is 106 cm³/mol. The zero-order chi connectivity index (χ0) is 20.1. The molecule has 8 heteroatoms. The monoisotopic (exact) mass is 407 g/mol. The second-order valence-electron chi connectivity index (χ2n) is 7.46. The summed E-state index contributed by atoms with van der Waals surface area (Å²) in [6.45, 7) is 3.06. The average Bonchev–Trinajstić information content (AvgIpc) is 2.99. The summed E-state index contributed by atoms with van der Waals surface area (Å²) in [6, 6.07) is 6.86. The molecule has 0 saturated carbocycles. The molecule has 1 unspecified atom stereocenters. The first kappa shape index (κ1) is 20.8. The van der Waals surface area contributed by atoms with Crippen molar-refractivity contribution in [3.05, 3.63) is 35.6 Å². The van der Waals surface area contributed by atoms with Crippen molar-refractivity contribution in [2.24, 2.45) is 5.92 Å². The Bertz CT molecular complexity index is 729. The van der Waals surface area contributed by atoms with E-state index in [2.05, 4.69) is 4.90 Å². The van der Waals surface area contributed by atoms with Crippen LogP contribution < -0.4 is 0 Å². The number of halogens is 1. The highest BCUT2D eigenvalue weighted by molar-refractivity contribution is 8.14. The number of carbonyl (C=O) groups is 3. The van der Waals surface area contributed by atoms with Crippen LogP contribution in [0, 0.1) is 11.7 Å². The van der Waals surface area contributed by atoms with Crippen molar-refractivity contribution < 1.29 is 18.8 Å². The number of carbonyl (C=O) groups excluding carboxylic acids is 3. The normalized spacial score (nSPS) is 20.6. The van der Waals surface area contributed by atoms with E-state index in [1.165, 1.54) is 6.07 Å². The average molecular weight is 408 g/mol. The third-order valence-corrected chi connectivity index (χ3v) is 6.21. The van der Waals surface area contributed by atoms with Crippen molar-refractivity contribution in [1.82, 2.24) is 14.7 Å². The lowest BCUT2D eigenvalue weighted by molar-refractivity contribution is -0.136. The molecule has 6 nitrogen and oxygen atoms in total. The highest BCUT2D eigenvalue weighted by Gasteiger charge is 2.32. The number of imide groups is 1. The first-order chi connectivity index (χ1) is 13.4. The summed E-state index contributed by atoms with van der Waals surface area (Å²) in [5.74, 6) is -0.218. The molecule has 28 heavy (non-hydrogen) atoms. The lowest BCUT2D eigenvalue weighted by atomic mass is 9.97. The van der Waals surface area contributed by atoms with E-state index in [4.69, 9.17) is 0 Å². The van der Waals surface area contributed by atoms with E-state index in [0.29, 0.717) is 18.9 Å². The van der Waals surface area contributed by atoms with Crippen LogP contribution in [0.15, 0.2) is 24.3 Å². The van der Waals surface area contributed by atoms with Crippen LogP contribution in [0.4, 0.5) is 9.18 Å². The number of piperidine rings is 1. The quantitative estimate of drug-likeness (QED) is 0.694. The van der Waals surface area contributed by atoms with E-state index in [-0.39, 0.29) is 35.2 Å². The number of amides is 3. The van der Waals surface area contributed by atoms with Crippen molar-refractivity contribution in [2.45, 2.75) is 19.3 Å². The smallest absolute Gasteiger partial charge is 0.289 e. The number of nitrogens with zero attached hydrogens (tertiary/aromatic N) is 3. The fourth-order valence-electron chi connectivity index (χ4n) is 3.76. The summed E-state index contributed by atoms with van der Waals surface area (Å²) in [7, 11) is 1.72. The first-order valence-electron chi connectivity index (χ1n) is 9.61. The van der Waals surface area contributed by atoms with Gasteiger partial charge in [-0.05, 0) is 43.4 Å². The van der Waals surface area contributed by atoms with E-state index < -0.39 is 0 Å². The van der Waals surface area contributed by atoms with Gasteiger partial charge in [0.05, 0.1) is 5.75 Å². The number of likely N-dealkylation sites (N-methyl/N-ethyl adjacent to an activating group) is 1. The number of hydrogen-bond donors (Lipinski definition) is 0. The number of hydrogen-bond acceptors (Lipinski definition) is 5. The highest BCUT2D eigenvalue weighted by atomic mass is 32.2. The standard InChI is InChI=1S/C20H26FN3O3S/c1-22(18(25)13-24-19(26)14-28-20(24)27)11-15-5-4-9-23(12-15)10-8-16-6-2-3-7-17(16)21/h2-3,6-7,15H,4-5,8-14H2,1H3. The highest BCUT2D eigenvalue weighted by Crippen LogP contribution is 2.20. The minimum absolute atomic E-state index is 0.120. The van der Waals surface area contributed by atoms with E-state index in [1.807, 2.05) is 12.1 Å². The molecule has 0 aromatic heterocycles. The molecular formula is C20H26FN3O3S. The van der Waals surface area contributed by atoms with Gasteiger partial charge in [-0.1, -0.05) is 30.0 Å². The molecule has 1 aromatic carbocycles. The van der Waals surface area contributed by atoms with E-state index in [1.54, 1.807) is 18.0 Å². The molecule has 3 rings (SSSR count). The summed E-state index contributed by atoms with van der Waals surface area (Å²) < 4.78 is 13.8. The topological polar surface area (TPSA) is 60.9 Å². The number of likely N-dealkylation sites (tertiary alicyclic amines) is 1. The SMILES string of the molecule is CN(CC1CCCN(CCc2ccccc2F)C1)C(=O)CN1C(=O)CSC1=O. The van der Waals surface area contributed by atoms with Gasteiger partial charge >= 0.3 is 0 Å². The molecule has 2 heterocycles. The number of thioether (sulfide) groups is 1. The Kier molecular flexibility index (Phi) is 7.07. The summed E-state index contributed by atoms with van der Waals surface area (Å²) in [5.41, 5.74) is 0.731. The van der Waals surface area contributed by atoms with Crippen LogP contribution in [0.3, 0.4) is 0 Å². The van der Waals surface area contributed by atoms with Gasteiger partial charge in [-0.15, -0.1) is 0 Å². The largest absolute Gasteiger partial charge is 0.344 e. The van der Waals surface area contributed by atoms with E-state index in [0.717, 1.165) is 54.7 Å². The fourth-order valence-corrected chi connectivity index (χ4v) is 4.49. The molecule has 2 aliphatic rings. The van der Waals surface area contributed by atoms with Gasteiger partial charge < -0.3 is 9.80 Å². The summed E-state index contributed by atoms with van der Waals surface area (Å²) in [6.07, 6.45) is 2.75. The minimum atomic E-state index is -0.344. The second kappa shape index (κ2) is 9.52. The summed E-state index contributed by atoms with van der Waals surface area (Å²) in [5, 5.41) is -0.344. The molecule has 2 saturated heterocycles. The maximum Gasteiger partial charge on any atom is 0.289 e. The zero-order valence-corrected chi connectivity index (χ0v) is 16.9. The third-order valence-electron chi connectivity index (χ3n) is 5.35. The Morgan fingerprint density at radius 2 is 2.11 bits per heavy atom.